The molecular formula is C22H21N5O2. The van der Waals surface area contributed by atoms with Gasteiger partial charge < -0.3 is 19.4 Å². The topological polar surface area (TPSA) is 99.8 Å². The molecule has 146 valence electrons. The molecule has 0 spiro atoms. The molecule has 1 aliphatic carbocycles. The maximum atomic E-state index is 10.7. The number of benzene rings is 1. The predicted molar refractivity (Wildman–Crippen MR) is 110 cm³/mol. The Morgan fingerprint density at radius 3 is 2.79 bits per heavy atom. The summed E-state index contributed by atoms with van der Waals surface area (Å²) in [4.78, 5) is 12.5. The van der Waals surface area contributed by atoms with Gasteiger partial charge in [-0.1, -0.05) is 0 Å². The third kappa shape index (κ3) is 2.80. The zero-order valence-corrected chi connectivity index (χ0v) is 16.1. The number of ether oxygens (including phenoxy) is 1. The van der Waals surface area contributed by atoms with Crippen LogP contribution in [-0.4, -0.2) is 31.7 Å². The Hall–Kier alpha value is -3.53. The molecule has 7 nitrogen and oxygen atoms in total. The minimum absolute atomic E-state index is 0.118. The SMILES string of the molecule is COc1ccc(-c2nc3cnc4[nH]ccc4c3n2[C@H]2CC[C@H](C#N)CC2)c(O)c1. The van der Waals surface area contributed by atoms with Crippen molar-refractivity contribution in [3.63, 3.8) is 0 Å². The quantitative estimate of drug-likeness (QED) is 0.537. The van der Waals surface area contributed by atoms with Crippen molar-refractivity contribution in [1.29, 1.82) is 5.26 Å². The van der Waals surface area contributed by atoms with Gasteiger partial charge in [-0.25, -0.2) is 9.97 Å². The van der Waals surface area contributed by atoms with Crippen LogP contribution in [0.4, 0.5) is 0 Å². The molecule has 1 saturated carbocycles. The smallest absolute Gasteiger partial charge is 0.145 e. The summed E-state index contributed by atoms with van der Waals surface area (Å²) in [5.74, 6) is 1.56. The molecule has 5 rings (SSSR count). The van der Waals surface area contributed by atoms with E-state index >= 15 is 0 Å². The van der Waals surface area contributed by atoms with Crippen LogP contribution < -0.4 is 4.74 Å². The number of imidazole rings is 1. The van der Waals surface area contributed by atoms with Crippen LogP contribution in [0.5, 0.6) is 11.5 Å². The first-order valence-electron chi connectivity index (χ1n) is 9.80. The average molecular weight is 387 g/mol. The van der Waals surface area contributed by atoms with E-state index in [0.29, 0.717) is 11.3 Å². The van der Waals surface area contributed by atoms with E-state index in [0.717, 1.165) is 53.6 Å². The molecule has 0 aliphatic heterocycles. The van der Waals surface area contributed by atoms with Crippen LogP contribution in [0.1, 0.15) is 31.7 Å². The first-order valence-corrected chi connectivity index (χ1v) is 9.80. The summed E-state index contributed by atoms with van der Waals surface area (Å²) in [6.45, 7) is 0. The highest BCUT2D eigenvalue weighted by Gasteiger charge is 2.28. The number of methoxy groups -OCH3 is 1. The molecule has 7 heteroatoms. The summed E-state index contributed by atoms with van der Waals surface area (Å²) in [6.07, 6.45) is 7.21. The second-order valence-electron chi connectivity index (χ2n) is 7.56. The Kier molecular flexibility index (Phi) is 4.13. The number of phenolic OH excluding ortho intramolecular Hbond substituents is 1. The second-order valence-corrected chi connectivity index (χ2v) is 7.56. The molecule has 0 radical (unpaired) electrons. The molecule has 1 aromatic carbocycles. The van der Waals surface area contributed by atoms with Gasteiger partial charge in [0.2, 0.25) is 0 Å². The zero-order chi connectivity index (χ0) is 20.0. The van der Waals surface area contributed by atoms with Gasteiger partial charge in [-0.05, 0) is 43.9 Å². The van der Waals surface area contributed by atoms with Gasteiger partial charge in [0.05, 0.1) is 30.5 Å². The molecule has 0 unspecified atom stereocenters. The maximum absolute atomic E-state index is 10.7. The average Bonchev–Trinajstić information content (AvgIpc) is 3.37. The molecule has 0 saturated heterocycles. The summed E-state index contributed by atoms with van der Waals surface area (Å²) in [7, 11) is 1.58. The van der Waals surface area contributed by atoms with E-state index in [1.54, 1.807) is 19.4 Å². The van der Waals surface area contributed by atoms with Crippen molar-refractivity contribution in [3.8, 4) is 29.0 Å². The lowest BCUT2D eigenvalue weighted by molar-refractivity contribution is 0.320. The number of fused-ring (bicyclic) bond motifs is 3. The standard InChI is InChI=1S/C22H21N5O2/c1-29-15-6-7-16(19(28)10-15)22-26-18-12-25-21-17(8-9-24-21)20(18)27(22)14-4-2-13(11-23)3-5-14/h6-10,12-14,28H,2-5H2,1H3,(H,24,25)/t13-,14-. The van der Waals surface area contributed by atoms with Crippen molar-refractivity contribution in [2.75, 3.05) is 7.11 Å². The molecule has 2 N–H and O–H groups in total. The van der Waals surface area contributed by atoms with E-state index < -0.39 is 0 Å². The molecule has 0 atom stereocenters. The first-order chi connectivity index (χ1) is 14.2. The van der Waals surface area contributed by atoms with Crippen molar-refractivity contribution in [1.82, 2.24) is 19.5 Å². The van der Waals surface area contributed by atoms with Gasteiger partial charge in [0, 0.05) is 29.6 Å². The molecule has 1 fully saturated rings. The van der Waals surface area contributed by atoms with Crippen LogP contribution in [0, 0.1) is 17.2 Å². The van der Waals surface area contributed by atoms with E-state index in [4.69, 9.17) is 9.72 Å². The summed E-state index contributed by atoms with van der Waals surface area (Å²) in [6, 6.07) is 9.91. The molecule has 1 aliphatic rings. The number of aromatic nitrogens is 4. The second kappa shape index (κ2) is 6.82. The fourth-order valence-electron chi connectivity index (χ4n) is 4.43. The minimum atomic E-state index is 0.118. The van der Waals surface area contributed by atoms with Gasteiger partial charge in [-0.15, -0.1) is 0 Å². The van der Waals surface area contributed by atoms with Crippen molar-refractivity contribution >= 4 is 22.1 Å². The number of aromatic hydroxyl groups is 1. The van der Waals surface area contributed by atoms with E-state index in [1.165, 1.54) is 0 Å². The van der Waals surface area contributed by atoms with Crippen LogP contribution in [0.2, 0.25) is 0 Å². The summed E-state index contributed by atoms with van der Waals surface area (Å²) in [5.41, 5.74) is 3.29. The van der Waals surface area contributed by atoms with Crippen molar-refractivity contribution in [2.24, 2.45) is 5.92 Å². The zero-order valence-electron chi connectivity index (χ0n) is 16.1. The van der Waals surface area contributed by atoms with Crippen molar-refractivity contribution < 1.29 is 9.84 Å². The van der Waals surface area contributed by atoms with E-state index in [-0.39, 0.29) is 17.7 Å². The number of hydrogen-bond acceptors (Lipinski definition) is 5. The Bertz CT molecular complexity index is 1240. The van der Waals surface area contributed by atoms with Crippen LogP contribution in [0.25, 0.3) is 33.5 Å². The number of hydrogen-bond donors (Lipinski definition) is 2. The van der Waals surface area contributed by atoms with Crippen molar-refractivity contribution in [2.45, 2.75) is 31.7 Å². The lowest BCUT2D eigenvalue weighted by atomic mass is 9.86. The number of phenols is 1. The number of pyridine rings is 1. The Morgan fingerprint density at radius 2 is 2.07 bits per heavy atom. The minimum Gasteiger partial charge on any atom is -0.507 e. The third-order valence-electron chi connectivity index (χ3n) is 5.92. The Labute approximate surface area is 167 Å². The van der Waals surface area contributed by atoms with Gasteiger partial charge in [0.1, 0.15) is 28.5 Å². The van der Waals surface area contributed by atoms with Crippen LogP contribution in [0.3, 0.4) is 0 Å². The van der Waals surface area contributed by atoms with E-state index in [9.17, 15) is 10.4 Å². The predicted octanol–water partition coefficient (Wildman–Crippen LogP) is 4.55. The lowest BCUT2D eigenvalue weighted by Crippen LogP contribution is -2.18. The largest absolute Gasteiger partial charge is 0.507 e. The summed E-state index contributed by atoms with van der Waals surface area (Å²) >= 11 is 0. The molecule has 0 bridgehead atoms. The molecule has 3 aromatic heterocycles. The molecule has 29 heavy (non-hydrogen) atoms. The van der Waals surface area contributed by atoms with E-state index in [2.05, 4.69) is 20.6 Å². The van der Waals surface area contributed by atoms with Gasteiger partial charge in [-0.2, -0.15) is 5.26 Å². The Morgan fingerprint density at radius 1 is 1.24 bits per heavy atom. The number of H-pyrrole nitrogens is 1. The Balaban J connectivity index is 1.74. The number of aromatic amines is 1. The number of rotatable bonds is 3. The molecule has 4 aromatic rings. The number of nitrogens with zero attached hydrogens (tertiary/aromatic N) is 4. The van der Waals surface area contributed by atoms with Crippen LogP contribution in [-0.2, 0) is 0 Å². The summed E-state index contributed by atoms with van der Waals surface area (Å²) < 4.78 is 7.47. The molecule has 3 heterocycles. The molecular weight excluding hydrogens is 366 g/mol. The fourth-order valence-corrected chi connectivity index (χ4v) is 4.43. The monoisotopic (exact) mass is 387 g/mol. The highest BCUT2D eigenvalue weighted by atomic mass is 16.5. The lowest BCUT2D eigenvalue weighted by Gasteiger charge is -2.28. The van der Waals surface area contributed by atoms with Crippen LogP contribution >= 0.6 is 0 Å². The van der Waals surface area contributed by atoms with Gasteiger partial charge >= 0.3 is 0 Å². The highest BCUT2D eigenvalue weighted by Crippen LogP contribution is 2.41. The summed E-state index contributed by atoms with van der Waals surface area (Å²) in [5, 5.41) is 21.0. The molecule has 0 amide bonds. The number of nitriles is 1. The normalized spacial score (nSPS) is 19.4. The fraction of sp³-hybridized carbons (Fsp3) is 0.318. The third-order valence-corrected chi connectivity index (χ3v) is 5.92. The maximum Gasteiger partial charge on any atom is 0.145 e. The van der Waals surface area contributed by atoms with Crippen LogP contribution in [0.15, 0.2) is 36.7 Å². The van der Waals surface area contributed by atoms with E-state index in [1.807, 2.05) is 24.4 Å². The first kappa shape index (κ1) is 17.6. The van der Waals surface area contributed by atoms with Gasteiger partial charge in [-0.3, -0.25) is 0 Å². The van der Waals surface area contributed by atoms with Gasteiger partial charge in [0.15, 0.2) is 0 Å². The highest BCUT2D eigenvalue weighted by molar-refractivity contribution is 6.02. The number of nitrogens with one attached hydrogen (secondary N) is 1. The van der Waals surface area contributed by atoms with Gasteiger partial charge in [0.25, 0.3) is 0 Å². The van der Waals surface area contributed by atoms with Crippen molar-refractivity contribution in [3.05, 3.63) is 36.7 Å².